The number of hydrogen-bond donors (Lipinski definition) is 5. The molecule has 156 valence electrons. The number of nitrogens with two attached hydrogens (primary N) is 1. The summed E-state index contributed by atoms with van der Waals surface area (Å²) in [6, 6.07) is 0. The van der Waals surface area contributed by atoms with Crippen molar-refractivity contribution < 1.29 is 20.1 Å². The van der Waals surface area contributed by atoms with E-state index in [1.165, 1.54) is 5.57 Å². The molecule has 3 aliphatic rings. The van der Waals surface area contributed by atoms with Gasteiger partial charge in [0.2, 0.25) is 0 Å². The van der Waals surface area contributed by atoms with Crippen molar-refractivity contribution in [2.75, 3.05) is 32.8 Å². The van der Waals surface area contributed by atoms with Crippen molar-refractivity contribution in [3.63, 3.8) is 0 Å². The molecule has 0 radical (unpaired) electrons. The Morgan fingerprint density at radius 3 is 2.82 bits per heavy atom. The fourth-order valence-electron chi connectivity index (χ4n) is 5.20. The molecule has 3 atom stereocenters. The van der Waals surface area contributed by atoms with Crippen LogP contribution in [0.25, 0.3) is 0 Å². The Morgan fingerprint density at radius 2 is 2.18 bits per heavy atom. The molecule has 2 aliphatic heterocycles. The molecule has 3 rings (SSSR count). The van der Waals surface area contributed by atoms with Gasteiger partial charge in [-0.2, -0.15) is 0 Å². The molecule has 0 aromatic heterocycles. The Kier molecular flexibility index (Phi) is 6.54. The number of hydrogen-bond acceptors (Lipinski definition) is 6. The van der Waals surface area contributed by atoms with Crippen LogP contribution in [0.1, 0.15) is 38.5 Å². The minimum atomic E-state index is -1.27. The van der Waals surface area contributed by atoms with Gasteiger partial charge in [-0.3, -0.25) is 4.79 Å². The van der Waals surface area contributed by atoms with Crippen molar-refractivity contribution in [3.8, 4) is 0 Å². The van der Waals surface area contributed by atoms with Gasteiger partial charge >= 0.3 is 5.97 Å². The largest absolute Gasteiger partial charge is 0.480 e. The van der Waals surface area contributed by atoms with Gasteiger partial charge in [-0.15, -0.1) is 0 Å². The van der Waals surface area contributed by atoms with Crippen LogP contribution in [-0.2, 0) is 4.79 Å². The van der Waals surface area contributed by atoms with Crippen molar-refractivity contribution in [1.82, 2.24) is 10.2 Å². The van der Waals surface area contributed by atoms with Gasteiger partial charge < -0.3 is 31.3 Å². The monoisotopic (exact) mass is 391 g/mol. The predicted octanol–water partition coefficient (Wildman–Crippen LogP) is -0.387. The first kappa shape index (κ1) is 21.4. The number of aliphatic hydroxyl groups excluding tert-OH is 1. The molecule has 0 aromatic rings. The third-order valence-electron chi connectivity index (χ3n) is 6.99. The van der Waals surface area contributed by atoms with E-state index in [9.17, 15) is 15.0 Å². The number of carboxylic acids is 1. The van der Waals surface area contributed by atoms with E-state index in [2.05, 4.69) is 22.4 Å². The second-order valence-corrected chi connectivity index (χ2v) is 8.77. The molecule has 1 saturated heterocycles. The molecule has 0 bridgehead atoms. The van der Waals surface area contributed by atoms with E-state index >= 15 is 0 Å². The van der Waals surface area contributed by atoms with Crippen LogP contribution in [0.15, 0.2) is 23.4 Å². The van der Waals surface area contributed by atoms with Crippen LogP contribution in [0.3, 0.4) is 0 Å². The number of nitrogens with one attached hydrogen (secondary N) is 1. The number of aliphatic hydroxyl groups is 2. The van der Waals surface area contributed by atoms with Crippen LogP contribution in [0.2, 0.25) is 5.82 Å². The topological polar surface area (TPSA) is 119 Å². The highest BCUT2D eigenvalue weighted by molar-refractivity contribution is 6.15. The quantitative estimate of drug-likeness (QED) is 0.358. The van der Waals surface area contributed by atoms with E-state index < -0.39 is 17.1 Å². The first-order valence-corrected chi connectivity index (χ1v) is 10.5. The summed E-state index contributed by atoms with van der Waals surface area (Å²) in [4.78, 5) is 14.3. The lowest BCUT2D eigenvalue weighted by atomic mass is 9.61. The van der Waals surface area contributed by atoms with Crippen molar-refractivity contribution in [1.29, 1.82) is 0 Å². The summed E-state index contributed by atoms with van der Waals surface area (Å²) >= 11 is 0. The predicted molar refractivity (Wildman–Crippen MR) is 111 cm³/mol. The number of aliphatic carboxylic acids is 1. The van der Waals surface area contributed by atoms with Gasteiger partial charge in [0.05, 0.1) is 0 Å². The molecule has 1 fully saturated rings. The maximum atomic E-state index is 12.0. The standard InChI is InChI=1S/C20H34BN3O4/c21-16(4-2-12-25)20(22,18(26)27)15-6-10-24(11-7-15)13-19(28)8-1-3-14-5-9-23-17(14)19/h1,3,15-16,23,25,28H,2,4-13,21-22H2,(H,26,27). The second-order valence-electron chi connectivity index (χ2n) is 8.77. The van der Waals surface area contributed by atoms with Crippen LogP contribution in [0, 0.1) is 5.92 Å². The van der Waals surface area contributed by atoms with Gasteiger partial charge in [0, 0.05) is 31.8 Å². The zero-order valence-corrected chi connectivity index (χ0v) is 16.9. The maximum absolute atomic E-state index is 12.0. The Hall–Kier alpha value is -1.35. The maximum Gasteiger partial charge on any atom is 0.323 e. The summed E-state index contributed by atoms with van der Waals surface area (Å²) in [5.41, 5.74) is 6.47. The molecule has 7 nitrogen and oxygen atoms in total. The average molecular weight is 391 g/mol. The van der Waals surface area contributed by atoms with Crippen LogP contribution >= 0.6 is 0 Å². The molecule has 3 unspecified atom stereocenters. The van der Waals surface area contributed by atoms with Crippen LogP contribution in [0.4, 0.5) is 0 Å². The first-order valence-electron chi connectivity index (χ1n) is 10.5. The molecule has 0 saturated carbocycles. The molecular weight excluding hydrogens is 357 g/mol. The smallest absolute Gasteiger partial charge is 0.323 e. The zero-order chi connectivity index (χ0) is 20.4. The van der Waals surface area contributed by atoms with E-state index in [1.54, 1.807) is 0 Å². The third-order valence-corrected chi connectivity index (χ3v) is 6.99. The Labute approximate surface area is 168 Å². The van der Waals surface area contributed by atoms with Gasteiger partial charge in [0.15, 0.2) is 0 Å². The number of carbonyl (C=O) groups is 1. The zero-order valence-electron chi connectivity index (χ0n) is 16.9. The number of β-amino-alcohol motifs (C(OH)–C–C–N with tert-alkyl or cyclic N) is 1. The van der Waals surface area contributed by atoms with Crippen molar-refractivity contribution in [2.45, 2.75) is 55.5 Å². The number of carboxylic acid groups (broad SMARTS) is 1. The minimum absolute atomic E-state index is 0.0530. The molecule has 2 heterocycles. The molecule has 0 spiro atoms. The molecular formula is C20H34BN3O4. The van der Waals surface area contributed by atoms with Crippen molar-refractivity contribution >= 4 is 13.8 Å². The lowest BCUT2D eigenvalue weighted by molar-refractivity contribution is -0.147. The summed E-state index contributed by atoms with van der Waals surface area (Å²) in [5, 5.41) is 33.5. The fourth-order valence-corrected chi connectivity index (χ4v) is 5.20. The van der Waals surface area contributed by atoms with E-state index in [0.717, 1.165) is 31.8 Å². The Bertz CT molecular complexity index is 647. The summed E-state index contributed by atoms with van der Waals surface area (Å²) < 4.78 is 0. The highest BCUT2D eigenvalue weighted by Gasteiger charge is 2.48. The normalized spacial score (nSPS) is 29.2. The van der Waals surface area contributed by atoms with Gasteiger partial charge in [0.25, 0.3) is 0 Å². The second kappa shape index (κ2) is 8.57. The minimum Gasteiger partial charge on any atom is -0.480 e. The van der Waals surface area contributed by atoms with E-state index in [1.807, 2.05) is 7.85 Å². The molecule has 6 N–H and O–H groups in total. The summed E-state index contributed by atoms with van der Waals surface area (Å²) in [5.74, 6) is -1.25. The third kappa shape index (κ3) is 4.01. The van der Waals surface area contributed by atoms with Gasteiger partial charge in [-0.1, -0.05) is 18.6 Å². The van der Waals surface area contributed by atoms with E-state index in [-0.39, 0.29) is 18.3 Å². The number of allylic oxidation sites excluding steroid dienone is 1. The van der Waals surface area contributed by atoms with Gasteiger partial charge in [0.1, 0.15) is 19.0 Å². The van der Waals surface area contributed by atoms with Crippen molar-refractivity contribution in [2.24, 2.45) is 11.7 Å². The molecule has 8 heteroatoms. The van der Waals surface area contributed by atoms with E-state index in [0.29, 0.717) is 38.6 Å². The molecule has 0 aromatic carbocycles. The van der Waals surface area contributed by atoms with Gasteiger partial charge in [-0.25, -0.2) is 0 Å². The van der Waals surface area contributed by atoms with Crippen molar-refractivity contribution in [3.05, 3.63) is 23.4 Å². The summed E-state index contributed by atoms with van der Waals surface area (Å²) in [6.07, 6.45) is 8.31. The highest BCUT2D eigenvalue weighted by Crippen LogP contribution is 2.38. The van der Waals surface area contributed by atoms with Crippen LogP contribution in [0.5, 0.6) is 0 Å². The fraction of sp³-hybridized carbons (Fsp3) is 0.750. The number of piperidine rings is 1. The SMILES string of the molecule is BC(CCCO)C(N)(C(=O)O)C1CCN(CC2(O)CC=CC3=C2NCC3)CC1. The number of rotatable bonds is 8. The van der Waals surface area contributed by atoms with Crippen LogP contribution < -0.4 is 11.1 Å². The van der Waals surface area contributed by atoms with E-state index in [4.69, 9.17) is 10.8 Å². The first-order chi connectivity index (χ1) is 13.3. The summed E-state index contributed by atoms with van der Waals surface area (Å²) in [7, 11) is 1.88. The van der Waals surface area contributed by atoms with Crippen LogP contribution in [-0.4, -0.2) is 78.0 Å². The Balaban J connectivity index is 1.62. The molecule has 0 amide bonds. The number of likely N-dealkylation sites (tertiary alicyclic amines) is 1. The molecule has 1 aliphatic carbocycles. The van der Waals surface area contributed by atoms with Gasteiger partial charge in [-0.05, 0) is 56.1 Å². The average Bonchev–Trinajstić information content (AvgIpc) is 3.16. The highest BCUT2D eigenvalue weighted by atomic mass is 16.4. The molecule has 28 heavy (non-hydrogen) atoms. The summed E-state index contributed by atoms with van der Waals surface area (Å²) in [6.45, 7) is 2.95. The lowest BCUT2D eigenvalue weighted by Crippen LogP contribution is -2.60. The lowest BCUT2D eigenvalue weighted by Gasteiger charge is -2.45. The Morgan fingerprint density at radius 1 is 1.46 bits per heavy atom. The number of nitrogens with zero attached hydrogens (tertiary/aromatic N) is 1.